The Morgan fingerprint density at radius 3 is 2.91 bits per heavy atom. The molecule has 23 heavy (non-hydrogen) atoms. The molecule has 0 spiro atoms. The molecule has 1 aliphatic rings. The number of hydrogen-bond acceptors (Lipinski definition) is 4. The van der Waals surface area contributed by atoms with Crippen molar-refractivity contribution in [2.45, 2.75) is 19.8 Å². The van der Waals surface area contributed by atoms with Gasteiger partial charge in [0.1, 0.15) is 5.75 Å². The van der Waals surface area contributed by atoms with Gasteiger partial charge in [0, 0.05) is 6.54 Å². The normalized spacial score (nSPS) is 18.1. The highest BCUT2D eigenvalue weighted by Gasteiger charge is 2.21. The molecule has 0 saturated carbocycles. The van der Waals surface area contributed by atoms with Crippen LogP contribution in [0.1, 0.15) is 18.4 Å². The van der Waals surface area contributed by atoms with E-state index in [1.54, 1.807) is 7.11 Å². The van der Waals surface area contributed by atoms with Crippen LogP contribution in [0.5, 0.6) is 5.75 Å². The van der Waals surface area contributed by atoms with Crippen LogP contribution in [0.3, 0.4) is 0 Å². The number of benzene rings is 1. The summed E-state index contributed by atoms with van der Waals surface area (Å²) >= 11 is 0. The van der Waals surface area contributed by atoms with Crippen LogP contribution in [0.15, 0.2) is 18.2 Å². The number of amides is 1. The summed E-state index contributed by atoms with van der Waals surface area (Å²) in [4.78, 5) is 14.5. The Hall–Kier alpha value is -1.30. The van der Waals surface area contributed by atoms with Gasteiger partial charge in [0.15, 0.2) is 0 Å². The number of nitrogens with zero attached hydrogens (tertiary/aromatic N) is 1. The molecule has 0 bridgehead atoms. The average molecular weight is 342 g/mol. The fourth-order valence-electron chi connectivity index (χ4n) is 3.06. The molecule has 0 radical (unpaired) electrons. The lowest BCUT2D eigenvalue weighted by molar-refractivity contribution is -0.117. The fourth-order valence-corrected chi connectivity index (χ4v) is 3.06. The van der Waals surface area contributed by atoms with Crippen molar-refractivity contribution in [2.24, 2.45) is 5.92 Å². The van der Waals surface area contributed by atoms with Crippen molar-refractivity contribution in [3.63, 3.8) is 0 Å². The molecule has 1 aromatic rings. The van der Waals surface area contributed by atoms with E-state index in [0.717, 1.165) is 37.3 Å². The van der Waals surface area contributed by atoms with E-state index >= 15 is 0 Å². The van der Waals surface area contributed by atoms with Crippen molar-refractivity contribution < 1.29 is 9.53 Å². The van der Waals surface area contributed by atoms with Crippen LogP contribution in [0.2, 0.25) is 0 Å². The van der Waals surface area contributed by atoms with Crippen LogP contribution in [0.25, 0.3) is 0 Å². The third-order valence-corrected chi connectivity index (χ3v) is 4.09. The van der Waals surface area contributed by atoms with Gasteiger partial charge in [0.2, 0.25) is 5.91 Å². The number of anilines is 1. The predicted molar refractivity (Wildman–Crippen MR) is 96.7 cm³/mol. The summed E-state index contributed by atoms with van der Waals surface area (Å²) in [5.41, 5.74) is 1.85. The topological polar surface area (TPSA) is 53.6 Å². The standard InChI is InChI=1S/C17H27N3O2.ClH/c1-13-6-7-16(22-3)15(9-13)19-17(21)12-20-8-4-5-14(11-20)10-18-2;/h6-7,9,14,18H,4-5,8,10-12H2,1-3H3,(H,19,21);1H. The summed E-state index contributed by atoms with van der Waals surface area (Å²) in [6.45, 7) is 5.45. The van der Waals surface area contributed by atoms with Crippen molar-refractivity contribution in [3.8, 4) is 5.75 Å². The Kier molecular flexibility index (Phi) is 8.37. The van der Waals surface area contributed by atoms with E-state index in [0.29, 0.717) is 18.2 Å². The van der Waals surface area contributed by atoms with Gasteiger partial charge < -0.3 is 15.4 Å². The van der Waals surface area contributed by atoms with Crippen LogP contribution in [0, 0.1) is 12.8 Å². The number of hydrogen-bond donors (Lipinski definition) is 2. The first-order valence-electron chi connectivity index (χ1n) is 7.94. The van der Waals surface area contributed by atoms with Crippen molar-refractivity contribution >= 4 is 24.0 Å². The Morgan fingerprint density at radius 2 is 2.22 bits per heavy atom. The van der Waals surface area contributed by atoms with Crippen LogP contribution < -0.4 is 15.4 Å². The van der Waals surface area contributed by atoms with E-state index in [-0.39, 0.29) is 18.3 Å². The summed E-state index contributed by atoms with van der Waals surface area (Å²) in [7, 11) is 3.60. The van der Waals surface area contributed by atoms with Gasteiger partial charge in [-0.05, 0) is 63.5 Å². The molecule has 1 amide bonds. The number of rotatable bonds is 6. The predicted octanol–water partition coefficient (Wildman–Crippen LogP) is 2.30. The molecule has 1 atom stereocenters. The maximum Gasteiger partial charge on any atom is 0.238 e. The summed E-state index contributed by atoms with van der Waals surface area (Å²) in [5, 5.41) is 6.20. The highest BCUT2D eigenvalue weighted by atomic mass is 35.5. The first-order chi connectivity index (χ1) is 10.6. The van der Waals surface area contributed by atoms with E-state index < -0.39 is 0 Å². The lowest BCUT2D eigenvalue weighted by Gasteiger charge is -2.32. The Morgan fingerprint density at radius 1 is 1.43 bits per heavy atom. The van der Waals surface area contributed by atoms with Gasteiger partial charge in [0.25, 0.3) is 0 Å². The minimum Gasteiger partial charge on any atom is -0.495 e. The lowest BCUT2D eigenvalue weighted by atomic mass is 9.98. The molecule has 0 aliphatic carbocycles. The van der Waals surface area contributed by atoms with Crippen LogP contribution >= 0.6 is 12.4 Å². The second kappa shape index (κ2) is 9.75. The zero-order chi connectivity index (χ0) is 15.9. The second-order valence-electron chi connectivity index (χ2n) is 6.05. The zero-order valence-corrected chi connectivity index (χ0v) is 15.0. The second-order valence-corrected chi connectivity index (χ2v) is 6.05. The third-order valence-electron chi connectivity index (χ3n) is 4.09. The van der Waals surface area contributed by atoms with E-state index in [2.05, 4.69) is 15.5 Å². The summed E-state index contributed by atoms with van der Waals surface area (Å²) in [6.07, 6.45) is 2.40. The number of carbonyl (C=O) groups excluding carboxylic acids is 1. The first kappa shape index (κ1) is 19.7. The van der Waals surface area contributed by atoms with Crippen LogP contribution in [0.4, 0.5) is 5.69 Å². The fraction of sp³-hybridized carbons (Fsp3) is 0.588. The Bertz CT molecular complexity index is 509. The lowest BCUT2D eigenvalue weighted by Crippen LogP contribution is -2.42. The minimum absolute atomic E-state index is 0. The number of piperidine rings is 1. The van der Waals surface area contributed by atoms with Gasteiger partial charge >= 0.3 is 0 Å². The maximum atomic E-state index is 12.3. The summed E-state index contributed by atoms with van der Waals surface area (Å²) < 4.78 is 5.30. The number of nitrogens with one attached hydrogen (secondary N) is 2. The number of methoxy groups -OCH3 is 1. The third kappa shape index (κ3) is 6.01. The van der Waals surface area contributed by atoms with E-state index in [9.17, 15) is 4.79 Å². The van der Waals surface area contributed by atoms with E-state index in [1.165, 1.54) is 6.42 Å². The molecule has 6 heteroatoms. The summed E-state index contributed by atoms with van der Waals surface area (Å²) in [5.74, 6) is 1.36. The monoisotopic (exact) mass is 341 g/mol. The molecular formula is C17H28ClN3O2. The minimum atomic E-state index is 0. The highest BCUT2D eigenvalue weighted by Crippen LogP contribution is 2.25. The van der Waals surface area contributed by atoms with Crippen molar-refractivity contribution in [2.75, 3.05) is 45.7 Å². The largest absolute Gasteiger partial charge is 0.495 e. The smallest absolute Gasteiger partial charge is 0.238 e. The Balaban J connectivity index is 0.00000264. The van der Waals surface area contributed by atoms with Gasteiger partial charge in [0.05, 0.1) is 19.3 Å². The molecule has 1 unspecified atom stereocenters. The maximum absolute atomic E-state index is 12.3. The number of halogens is 1. The summed E-state index contributed by atoms with van der Waals surface area (Å²) in [6, 6.07) is 5.80. The van der Waals surface area contributed by atoms with Crippen molar-refractivity contribution in [1.29, 1.82) is 0 Å². The molecule has 2 N–H and O–H groups in total. The van der Waals surface area contributed by atoms with Gasteiger partial charge in [-0.2, -0.15) is 0 Å². The van der Waals surface area contributed by atoms with Gasteiger partial charge in [-0.3, -0.25) is 9.69 Å². The Labute approximate surface area is 145 Å². The van der Waals surface area contributed by atoms with Gasteiger partial charge in [-0.1, -0.05) is 6.07 Å². The van der Waals surface area contributed by atoms with Crippen molar-refractivity contribution in [1.82, 2.24) is 10.2 Å². The molecule has 1 fully saturated rings. The van der Waals surface area contributed by atoms with Gasteiger partial charge in [-0.25, -0.2) is 0 Å². The molecule has 1 heterocycles. The molecule has 1 aromatic carbocycles. The molecular weight excluding hydrogens is 314 g/mol. The molecule has 130 valence electrons. The molecule has 1 saturated heterocycles. The molecule has 5 nitrogen and oxygen atoms in total. The van der Waals surface area contributed by atoms with Crippen molar-refractivity contribution in [3.05, 3.63) is 23.8 Å². The quantitative estimate of drug-likeness (QED) is 0.833. The molecule has 2 rings (SSSR count). The van der Waals surface area contributed by atoms with Gasteiger partial charge in [-0.15, -0.1) is 12.4 Å². The van der Waals surface area contributed by atoms with E-state index in [4.69, 9.17) is 4.74 Å². The number of carbonyl (C=O) groups is 1. The first-order valence-corrected chi connectivity index (χ1v) is 7.94. The molecule has 1 aliphatic heterocycles. The average Bonchev–Trinajstić information content (AvgIpc) is 2.48. The molecule has 0 aromatic heterocycles. The zero-order valence-electron chi connectivity index (χ0n) is 14.2. The van der Waals surface area contributed by atoms with E-state index in [1.807, 2.05) is 32.2 Å². The number of ether oxygens (including phenoxy) is 1. The SMILES string of the molecule is CNCC1CCCN(CC(=O)Nc2cc(C)ccc2OC)C1.Cl. The number of aryl methyl sites for hydroxylation is 1. The van der Waals surface area contributed by atoms with Crippen LogP contribution in [-0.2, 0) is 4.79 Å². The highest BCUT2D eigenvalue weighted by molar-refractivity contribution is 5.93. The number of likely N-dealkylation sites (tertiary alicyclic amines) is 1. The van der Waals surface area contributed by atoms with Crippen LogP contribution in [-0.4, -0.2) is 51.1 Å².